The summed E-state index contributed by atoms with van der Waals surface area (Å²) in [6.45, 7) is 1.25. The number of benzene rings is 2. The molecule has 0 saturated carbocycles. The lowest BCUT2D eigenvalue weighted by Gasteiger charge is -2.10. The summed E-state index contributed by atoms with van der Waals surface area (Å²) in [5.41, 5.74) is 4.02. The summed E-state index contributed by atoms with van der Waals surface area (Å²) < 4.78 is 7.15. The lowest BCUT2D eigenvalue weighted by Crippen LogP contribution is -2.26. The van der Waals surface area contributed by atoms with Crippen LogP contribution >= 0.6 is 0 Å². The molecule has 28 heavy (non-hydrogen) atoms. The highest BCUT2D eigenvalue weighted by molar-refractivity contribution is 5.75. The van der Waals surface area contributed by atoms with Crippen LogP contribution in [-0.4, -0.2) is 48.3 Å². The number of rotatable bonds is 8. The Morgan fingerprint density at radius 2 is 1.82 bits per heavy atom. The molecule has 0 aliphatic carbocycles. The quantitative estimate of drug-likeness (QED) is 0.612. The van der Waals surface area contributed by atoms with Crippen molar-refractivity contribution in [3.05, 3.63) is 66.4 Å². The Morgan fingerprint density at radius 3 is 2.46 bits per heavy atom. The highest BCUT2D eigenvalue weighted by atomic mass is 16.5. The van der Waals surface area contributed by atoms with Gasteiger partial charge in [0.1, 0.15) is 5.75 Å². The molecule has 0 radical (unpaired) electrons. The summed E-state index contributed by atoms with van der Waals surface area (Å²) in [5, 5.41) is 8.17. The molecule has 3 aromatic rings. The normalized spacial score (nSPS) is 10.7. The van der Waals surface area contributed by atoms with E-state index in [1.54, 1.807) is 26.1 Å². The van der Waals surface area contributed by atoms with Gasteiger partial charge in [0.05, 0.1) is 18.5 Å². The number of carbonyl (C=O) groups excluding carboxylic acids is 1. The molecular weight excluding hydrogens is 352 g/mol. The van der Waals surface area contributed by atoms with E-state index in [4.69, 9.17) is 9.84 Å². The van der Waals surface area contributed by atoms with Gasteiger partial charge in [-0.05, 0) is 36.4 Å². The van der Waals surface area contributed by atoms with E-state index < -0.39 is 0 Å². The SMILES string of the molecule is COc1ccc(-c2nn(-c3ccccc3)cc2CNCCC(=O)N(C)C)cc1. The Balaban J connectivity index is 1.81. The molecule has 0 aliphatic rings. The van der Waals surface area contributed by atoms with Gasteiger partial charge in [0, 0.05) is 50.9 Å². The molecule has 2 aromatic carbocycles. The molecule has 0 fully saturated rings. The summed E-state index contributed by atoms with van der Waals surface area (Å²) in [5.74, 6) is 0.927. The van der Waals surface area contributed by atoms with Gasteiger partial charge < -0.3 is 15.0 Å². The highest BCUT2D eigenvalue weighted by Crippen LogP contribution is 2.25. The number of aromatic nitrogens is 2. The number of amides is 1. The van der Waals surface area contributed by atoms with Crippen molar-refractivity contribution >= 4 is 5.91 Å². The first-order chi connectivity index (χ1) is 13.6. The van der Waals surface area contributed by atoms with Gasteiger partial charge in [0.15, 0.2) is 0 Å². The van der Waals surface area contributed by atoms with E-state index in [1.165, 1.54) is 0 Å². The molecule has 146 valence electrons. The highest BCUT2D eigenvalue weighted by Gasteiger charge is 2.13. The van der Waals surface area contributed by atoms with Gasteiger partial charge in [-0.3, -0.25) is 4.79 Å². The van der Waals surface area contributed by atoms with Gasteiger partial charge in [0.25, 0.3) is 0 Å². The molecule has 6 nitrogen and oxygen atoms in total. The Labute approximate surface area is 165 Å². The van der Waals surface area contributed by atoms with Crippen LogP contribution in [0.2, 0.25) is 0 Å². The number of hydrogen-bond acceptors (Lipinski definition) is 4. The number of nitrogens with zero attached hydrogens (tertiary/aromatic N) is 3. The second-order valence-electron chi connectivity index (χ2n) is 6.73. The third-order valence-corrected chi connectivity index (χ3v) is 4.50. The van der Waals surface area contributed by atoms with Crippen LogP contribution in [-0.2, 0) is 11.3 Å². The van der Waals surface area contributed by atoms with Crippen molar-refractivity contribution in [2.24, 2.45) is 0 Å². The summed E-state index contributed by atoms with van der Waals surface area (Å²) in [4.78, 5) is 13.4. The van der Waals surface area contributed by atoms with E-state index in [1.807, 2.05) is 65.5 Å². The van der Waals surface area contributed by atoms with Gasteiger partial charge in [-0.2, -0.15) is 5.10 Å². The molecule has 0 atom stereocenters. The van der Waals surface area contributed by atoms with E-state index in [9.17, 15) is 4.79 Å². The van der Waals surface area contributed by atoms with E-state index >= 15 is 0 Å². The first-order valence-electron chi connectivity index (χ1n) is 9.27. The molecule has 1 amide bonds. The predicted octanol–water partition coefficient (Wildman–Crippen LogP) is 3.12. The molecular formula is C22H26N4O2. The summed E-state index contributed by atoms with van der Waals surface area (Å²) in [6.07, 6.45) is 2.51. The number of methoxy groups -OCH3 is 1. The van der Waals surface area contributed by atoms with Gasteiger partial charge in [-0.25, -0.2) is 4.68 Å². The van der Waals surface area contributed by atoms with Gasteiger partial charge >= 0.3 is 0 Å². The number of ether oxygens (including phenoxy) is 1. The van der Waals surface area contributed by atoms with Gasteiger partial charge in [0.2, 0.25) is 5.91 Å². The molecule has 0 bridgehead atoms. The minimum absolute atomic E-state index is 0.114. The topological polar surface area (TPSA) is 59.4 Å². The first-order valence-corrected chi connectivity index (χ1v) is 9.27. The fraction of sp³-hybridized carbons (Fsp3) is 0.273. The van der Waals surface area contributed by atoms with Crippen LogP contribution in [0.3, 0.4) is 0 Å². The zero-order valence-electron chi connectivity index (χ0n) is 16.6. The smallest absolute Gasteiger partial charge is 0.223 e. The van der Waals surface area contributed by atoms with E-state index in [0.29, 0.717) is 19.5 Å². The van der Waals surface area contributed by atoms with Crippen molar-refractivity contribution in [2.75, 3.05) is 27.7 Å². The van der Waals surface area contributed by atoms with Crippen molar-refractivity contribution < 1.29 is 9.53 Å². The maximum atomic E-state index is 11.7. The van der Waals surface area contributed by atoms with Crippen LogP contribution in [0, 0.1) is 0 Å². The number of para-hydroxylation sites is 1. The van der Waals surface area contributed by atoms with Crippen molar-refractivity contribution in [2.45, 2.75) is 13.0 Å². The summed E-state index contributed by atoms with van der Waals surface area (Å²) in [7, 11) is 5.20. The lowest BCUT2D eigenvalue weighted by molar-refractivity contribution is -0.128. The third kappa shape index (κ3) is 4.78. The van der Waals surface area contributed by atoms with Gasteiger partial charge in [-0.1, -0.05) is 18.2 Å². The second-order valence-corrected chi connectivity index (χ2v) is 6.73. The summed E-state index contributed by atoms with van der Waals surface area (Å²) >= 11 is 0. The third-order valence-electron chi connectivity index (χ3n) is 4.50. The van der Waals surface area contributed by atoms with Crippen LogP contribution < -0.4 is 10.1 Å². The first kappa shape index (κ1) is 19.6. The fourth-order valence-electron chi connectivity index (χ4n) is 2.89. The van der Waals surface area contributed by atoms with Crippen LogP contribution in [0.4, 0.5) is 0 Å². The van der Waals surface area contributed by atoms with Gasteiger partial charge in [-0.15, -0.1) is 0 Å². The van der Waals surface area contributed by atoms with Crippen molar-refractivity contribution in [3.63, 3.8) is 0 Å². The molecule has 1 N–H and O–H groups in total. The molecule has 0 aliphatic heterocycles. The summed E-state index contributed by atoms with van der Waals surface area (Å²) in [6, 6.07) is 17.9. The van der Waals surface area contributed by atoms with Crippen LogP contribution in [0.5, 0.6) is 5.75 Å². The minimum atomic E-state index is 0.114. The van der Waals surface area contributed by atoms with E-state index in [-0.39, 0.29) is 5.91 Å². The maximum absolute atomic E-state index is 11.7. The zero-order chi connectivity index (χ0) is 19.9. The Hall–Kier alpha value is -3.12. The Bertz CT molecular complexity index is 902. The average Bonchev–Trinajstić information content (AvgIpc) is 3.16. The van der Waals surface area contributed by atoms with E-state index in [0.717, 1.165) is 28.3 Å². The lowest BCUT2D eigenvalue weighted by atomic mass is 10.1. The predicted molar refractivity (Wildman–Crippen MR) is 111 cm³/mol. The fourth-order valence-corrected chi connectivity index (χ4v) is 2.89. The maximum Gasteiger partial charge on any atom is 0.223 e. The zero-order valence-corrected chi connectivity index (χ0v) is 16.6. The molecule has 6 heteroatoms. The Kier molecular flexibility index (Phi) is 6.45. The van der Waals surface area contributed by atoms with Crippen LogP contribution in [0.15, 0.2) is 60.8 Å². The number of carbonyl (C=O) groups is 1. The van der Waals surface area contributed by atoms with Crippen LogP contribution in [0.25, 0.3) is 16.9 Å². The molecule has 1 aromatic heterocycles. The monoisotopic (exact) mass is 378 g/mol. The second kappa shape index (κ2) is 9.19. The van der Waals surface area contributed by atoms with Crippen molar-refractivity contribution in [3.8, 4) is 22.7 Å². The van der Waals surface area contributed by atoms with Crippen molar-refractivity contribution in [1.82, 2.24) is 20.0 Å². The molecule has 0 saturated heterocycles. The average molecular weight is 378 g/mol. The largest absolute Gasteiger partial charge is 0.497 e. The molecule has 1 heterocycles. The molecule has 3 rings (SSSR count). The van der Waals surface area contributed by atoms with Crippen LogP contribution in [0.1, 0.15) is 12.0 Å². The standard InChI is InChI=1S/C22H26N4O2/c1-25(2)21(27)13-14-23-15-18-16-26(19-7-5-4-6-8-19)24-22(18)17-9-11-20(28-3)12-10-17/h4-12,16,23H,13-15H2,1-3H3. The molecule has 0 unspecified atom stereocenters. The number of nitrogens with one attached hydrogen (secondary N) is 1. The minimum Gasteiger partial charge on any atom is -0.497 e. The van der Waals surface area contributed by atoms with E-state index in [2.05, 4.69) is 5.32 Å². The number of hydrogen-bond donors (Lipinski definition) is 1. The Morgan fingerprint density at radius 1 is 1.11 bits per heavy atom. The van der Waals surface area contributed by atoms with Crippen molar-refractivity contribution in [1.29, 1.82) is 0 Å². The molecule has 0 spiro atoms.